The van der Waals surface area contributed by atoms with E-state index < -0.39 is 35.5 Å². The van der Waals surface area contributed by atoms with E-state index in [0.717, 1.165) is 16.2 Å². The van der Waals surface area contributed by atoms with Crippen molar-refractivity contribution in [2.75, 3.05) is 5.32 Å². The Balaban J connectivity index is 2.50. The standard InChI is InChI=1S/C18H21N3O6/c1-18(2,3)27-16(25)19-13-9-14(22)21(11-15(23)24)17(26)20(13)10-12-7-5-4-6-8-12/h4-9H,10-11H2,1-3H3,(H,19,25)(H,23,24). The summed E-state index contributed by atoms with van der Waals surface area (Å²) in [6.45, 7) is 4.28. The molecule has 0 spiro atoms. The largest absolute Gasteiger partial charge is 0.480 e. The second kappa shape index (κ2) is 7.90. The summed E-state index contributed by atoms with van der Waals surface area (Å²) in [5.74, 6) is -1.40. The molecule has 2 N–H and O–H groups in total. The van der Waals surface area contributed by atoms with E-state index in [4.69, 9.17) is 9.84 Å². The summed E-state index contributed by atoms with van der Waals surface area (Å²) in [4.78, 5) is 47.9. The van der Waals surface area contributed by atoms with Crippen LogP contribution in [0.5, 0.6) is 0 Å². The Morgan fingerprint density at radius 1 is 1.11 bits per heavy atom. The van der Waals surface area contributed by atoms with Crippen LogP contribution in [-0.2, 0) is 22.6 Å². The summed E-state index contributed by atoms with van der Waals surface area (Å²) in [7, 11) is 0. The lowest BCUT2D eigenvalue weighted by molar-refractivity contribution is -0.137. The molecule has 0 atom stereocenters. The lowest BCUT2D eigenvalue weighted by Crippen LogP contribution is -2.43. The molecule has 2 rings (SSSR count). The van der Waals surface area contributed by atoms with Crippen LogP contribution in [0.2, 0.25) is 0 Å². The number of carboxylic acids is 1. The zero-order valence-corrected chi connectivity index (χ0v) is 15.3. The van der Waals surface area contributed by atoms with Crippen molar-refractivity contribution in [1.29, 1.82) is 0 Å². The number of nitrogens with one attached hydrogen (secondary N) is 1. The number of carboxylic acid groups (broad SMARTS) is 1. The Labute approximate surface area is 154 Å². The molecule has 1 amide bonds. The van der Waals surface area contributed by atoms with Gasteiger partial charge in [-0.2, -0.15) is 0 Å². The highest BCUT2D eigenvalue weighted by molar-refractivity contribution is 5.83. The highest BCUT2D eigenvalue weighted by Gasteiger charge is 2.20. The number of ether oxygens (including phenoxy) is 1. The molecule has 1 heterocycles. The van der Waals surface area contributed by atoms with Crippen molar-refractivity contribution in [3.05, 3.63) is 62.8 Å². The second-order valence-corrected chi connectivity index (χ2v) is 6.83. The van der Waals surface area contributed by atoms with Crippen LogP contribution in [0.15, 0.2) is 46.0 Å². The molecule has 1 aromatic heterocycles. The van der Waals surface area contributed by atoms with Crippen molar-refractivity contribution in [2.24, 2.45) is 0 Å². The highest BCUT2D eigenvalue weighted by Crippen LogP contribution is 2.11. The van der Waals surface area contributed by atoms with Gasteiger partial charge in [0.15, 0.2) is 0 Å². The third kappa shape index (κ3) is 5.56. The van der Waals surface area contributed by atoms with Crippen LogP contribution in [0.1, 0.15) is 26.3 Å². The summed E-state index contributed by atoms with van der Waals surface area (Å²) in [6, 6.07) is 9.87. The number of carbonyl (C=O) groups is 2. The van der Waals surface area contributed by atoms with Crippen LogP contribution in [0, 0.1) is 0 Å². The molecule has 27 heavy (non-hydrogen) atoms. The number of rotatable bonds is 5. The fraction of sp³-hybridized carbons (Fsp3) is 0.333. The van der Waals surface area contributed by atoms with Gasteiger partial charge in [0.1, 0.15) is 18.0 Å². The van der Waals surface area contributed by atoms with E-state index >= 15 is 0 Å². The minimum atomic E-state index is -1.33. The molecule has 9 nitrogen and oxygen atoms in total. The van der Waals surface area contributed by atoms with E-state index in [-0.39, 0.29) is 12.4 Å². The smallest absolute Gasteiger partial charge is 0.413 e. The number of nitrogens with zero attached hydrogens (tertiary/aromatic N) is 2. The maximum Gasteiger partial charge on any atom is 0.413 e. The molecule has 0 saturated heterocycles. The Morgan fingerprint density at radius 3 is 2.30 bits per heavy atom. The van der Waals surface area contributed by atoms with E-state index in [1.165, 1.54) is 0 Å². The number of benzene rings is 1. The van der Waals surface area contributed by atoms with Gasteiger partial charge >= 0.3 is 17.8 Å². The first-order chi connectivity index (χ1) is 12.6. The Kier molecular flexibility index (Phi) is 5.84. The van der Waals surface area contributed by atoms with Crippen molar-refractivity contribution in [1.82, 2.24) is 9.13 Å². The van der Waals surface area contributed by atoms with E-state index in [1.54, 1.807) is 51.1 Å². The molecule has 0 radical (unpaired) electrons. The third-order valence-electron chi connectivity index (χ3n) is 3.38. The van der Waals surface area contributed by atoms with Crippen LogP contribution < -0.4 is 16.6 Å². The summed E-state index contributed by atoms with van der Waals surface area (Å²) < 4.78 is 6.86. The van der Waals surface area contributed by atoms with Crippen molar-refractivity contribution < 1.29 is 19.4 Å². The summed E-state index contributed by atoms with van der Waals surface area (Å²) in [5, 5.41) is 11.3. The van der Waals surface area contributed by atoms with Gasteiger partial charge in [0.2, 0.25) is 0 Å². The minimum absolute atomic E-state index is 0.0324. The fourth-order valence-electron chi connectivity index (χ4n) is 2.33. The first-order valence-electron chi connectivity index (χ1n) is 8.17. The molecular weight excluding hydrogens is 354 g/mol. The first kappa shape index (κ1) is 20.0. The van der Waals surface area contributed by atoms with Crippen LogP contribution in [-0.4, -0.2) is 31.9 Å². The Bertz CT molecular complexity index is 954. The van der Waals surface area contributed by atoms with Gasteiger partial charge < -0.3 is 9.84 Å². The van der Waals surface area contributed by atoms with Crippen molar-refractivity contribution in [2.45, 2.75) is 39.5 Å². The monoisotopic (exact) mass is 375 g/mol. The van der Waals surface area contributed by atoms with Gasteiger partial charge in [-0.25, -0.2) is 14.2 Å². The van der Waals surface area contributed by atoms with E-state index in [0.29, 0.717) is 4.57 Å². The van der Waals surface area contributed by atoms with Crippen molar-refractivity contribution >= 4 is 17.9 Å². The molecule has 0 aliphatic carbocycles. The number of aliphatic carboxylic acids is 1. The molecular formula is C18H21N3O6. The normalized spacial score (nSPS) is 11.1. The maximum absolute atomic E-state index is 12.7. The second-order valence-electron chi connectivity index (χ2n) is 6.83. The zero-order valence-electron chi connectivity index (χ0n) is 15.3. The fourth-order valence-corrected chi connectivity index (χ4v) is 2.33. The molecule has 0 aliphatic heterocycles. The Morgan fingerprint density at radius 2 is 1.74 bits per heavy atom. The lowest BCUT2D eigenvalue weighted by Gasteiger charge is -2.21. The minimum Gasteiger partial charge on any atom is -0.480 e. The zero-order chi connectivity index (χ0) is 20.2. The molecule has 0 aliphatic rings. The van der Waals surface area contributed by atoms with Crippen LogP contribution in [0.25, 0.3) is 0 Å². The number of anilines is 1. The number of hydrogen-bond donors (Lipinski definition) is 2. The molecule has 1 aromatic carbocycles. The van der Waals surface area contributed by atoms with Crippen LogP contribution in [0.4, 0.5) is 10.6 Å². The molecule has 0 saturated carbocycles. The quantitative estimate of drug-likeness (QED) is 0.817. The van der Waals surface area contributed by atoms with Crippen molar-refractivity contribution in [3.8, 4) is 0 Å². The average Bonchev–Trinajstić information content (AvgIpc) is 2.54. The topological polar surface area (TPSA) is 120 Å². The van der Waals surface area contributed by atoms with Gasteiger partial charge in [-0.3, -0.25) is 19.5 Å². The number of aromatic nitrogens is 2. The van der Waals surface area contributed by atoms with Crippen LogP contribution in [0.3, 0.4) is 0 Å². The van der Waals surface area contributed by atoms with E-state index in [2.05, 4.69) is 5.32 Å². The summed E-state index contributed by atoms with van der Waals surface area (Å²) in [5.41, 5.74) is -1.72. The average molecular weight is 375 g/mol. The summed E-state index contributed by atoms with van der Waals surface area (Å²) in [6.07, 6.45) is -0.834. The molecule has 0 fully saturated rings. The van der Waals surface area contributed by atoms with Gasteiger partial charge in [-0.05, 0) is 26.3 Å². The number of carbonyl (C=O) groups excluding carboxylic acids is 1. The molecule has 2 aromatic rings. The number of amides is 1. The van der Waals surface area contributed by atoms with Crippen LogP contribution >= 0.6 is 0 Å². The molecule has 0 unspecified atom stereocenters. The Hall–Kier alpha value is -3.36. The first-order valence-corrected chi connectivity index (χ1v) is 8.17. The van der Waals surface area contributed by atoms with Gasteiger partial charge in [0, 0.05) is 6.07 Å². The summed E-state index contributed by atoms with van der Waals surface area (Å²) >= 11 is 0. The molecule has 144 valence electrons. The van der Waals surface area contributed by atoms with Gasteiger partial charge in [-0.15, -0.1) is 0 Å². The molecule has 9 heteroatoms. The van der Waals surface area contributed by atoms with E-state index in [9.17, 15) is 19.2 Å². The third-order valence-corrected chi connectivity index (χ3v) is 3.38. The number of hydrogen-bond acceptors (Lipinski definition) is 5. The lowest BCUT2D eigenvalue weighted by atomic mass is 10.2. The predicted octanol–water partition coefficient (Wildman–Crippen LogP) is 1.49. The van der Waals surface area contributed by atoms with Gasteiger partial charge in [0.25, 0.3) is 5.56 Å². The van der Waals surface area contributed by atoms with Gasteiger partial charge in [-0.1, -0.05) is 30.3 Å². The van der Waals surface area contributed by atoms with E-state index in [1.807, 2.05) is 0 Å². The molecule has 0 bridgehead atoms. The maximum atomic E-state index is 12.7. The highest BCUT2D eigenvalue weighted by atomic mass is 16.6. The predicted molar refractivity (Wildman–Crippen MR) is 98.0 cm³/mol. The van der Waals surface area contributed by atoms with Gasteiger partial charge in [0.05, 0.1) is 6.54 Å². The van der Waals surface area contributed by atoms with Crippen molar-refractivity contribution in [3.63, 3.8) is 0 Å². The SMILES string of the molecule is CC(C)(C)OC(=O)Nc1cc(=O)n(CC(=O)O)c(=O)n1Cc1ccccc1.